The lowest BCUT2D eigenvalue weighted by atomic mass is 10.1. The molecule has 0 saturated heterocycles. The third-order valence-electron chi connectivity index (χ3n) is 4.71. The third-order valence-corrected chi connectivity index (χ3v) is 6.49. The van der Waals surface area contributed by atoms with Crippen molar-refractivity contribution in [3.63, 3.8) is 0 Å². The van der Waals surface area contributed by atoms with Crippen LogP contribution in [0.2, 0.25) is 0 Å². The number of methoxy groups -OCH3 is 1. The minimum Gasteiger partial charge on any atom is -0.497 e. The smallest absolute Gasteiger partial charge is 0.264 e. The quantitative estimate of drug-likeness (QED) is 0.592. The molecule has 0 aliphatic rings. The van der Waals surface area contributed by atoms with Crippen LogP contribution >= 0.6 is 0 Å². The van der Waals surface area contributed by atoms with E-state index in [1.165, 1.54) is 49.6 Å². The number of nitrogens with one attached hydrogen (secondary N) is 1. The summed E-state index contributed by atoms with van der Waals surface area (Å²) in [5.41, 5.74) is 2.22. The van der Waals surface area contributed by atoms with E-state index in [-0.39, 0.29) is 10.6 Å². The maximum absolute atomic E-state index is 14.5. The van der Waals surface area contributed by atoms with Gasteiger partial charge in [0.25, 0.3) is 10.0 Å². The van der Waals surface area contributed by atoms with Gasteiger partial charge >= 0.3 is 0 Å². The Hall–Kier alpha value is -3.39. The standard InChI is InChI=1S/C23H23FN2O4S/c1-16-8-13-21(17(2)14-16)25-23(27)15-26(22-7-5-4-6-20(22)24)31(28,29)19-11-9-18(30-3)10-12-19/h4-14H,15H2,1-3H3,(H,25,27). The normalized spacial score (nSPS) is 11.1. The van der Waals surface area contributed by atoms with Gasteiger partial charge in [-0.05, 0) is 61.9 Å². The molecule has 0 heterocycles. The van der Waals surface area contributed by atoms with E-state index in [1.54, 1.807) is 6.07 Å². The molecule has 0 bridgehead atoms. The molecule has 31 heavy (non-hydrogen) atoms. The first-order valence-corrected chi connectivity index (χ1v) is 10.9. The molecule has 0 aliphatic heterocycles. The van der Waals surface area contributed by atoms with Crippen LogP contribution in [0.1, 0.15) is 11.1 Å². The fourth-order valence-corrected chi connectivity index (χ4v) is 4.53. The van der Waals surface area contributed by atoms with Gasteiger partial charge in [-0.2, -0.15) is 0 Å². The third kappa shape index (κ3) is 5.03. The molecule has 162 valence electrons. The highest BCUT2D eigenvalue weighted by Gasteiger charge is 2.29. The predicted molar refractivity (Wildman–Crippen MR) is 118 cm³/mol. The van der Waals surface area contributed by atoms with Gasteiger partial charge in [-0.25, -0.2) is 12.8 Å². The summed E-state index contributed by atoms with van der Waals surface area (Å²) in [5.74, 6) is -0.866. The van der Waals surface area contributed by atoms with Gasteiger partial charge in [-0.3, -0.25) is 9.10 Å². The topological polar surface area (TPSA) is 75.7 Å². The fourth-order valence-electron chi connectivity index (χ4n) is 3.10. The predicted octanol–water partition coefficient (Wildman–Crippen LogP) is 4.29. The number of sulfonamides is 1. The number of benzene rings is 3. The van der Waals surface area contributed by atoms with Crippen LogP contribution in [-0.4, -0.2) is 28.0 Å². The highest BCUT2D eigenvalue weighted by Crippen LogP contribution is 2.27. The molecule has 0 radical (unpaired) electrons. The summed E-state index contributed by atoms with van der Waals surface area (Å²) in [6, 6.07) is 16.6. The van der Waals surface area contributed by atoms with Crippen LogP contribution in [0.25, 0.3) is 0 Å². The lowest BCUT2D eigenvalue weighted by Gasteiger charge is -2.24. The summed E-state index contributed by atoms with van der Waals surface area (Å²) in [7, 11) is -2.76. The van der Waals surface area contributed by atoms with Gasteiger partial charge in [0.15, 0.2) is 0 Å². The summed E-state index contributed by atoms with van der Waals surface area (Å²) in [6.45, 7) is 3.17. The second kappa shape index (κ2) is 9.18. The monoisotopic (exact) mass is 442 g/mol. The Balaban J connectivity index is 1.96. The summed E-state index contributed by atoms with van der Waals surface area (Å²) in [4.78, 5) is 12.7. The summed E-state index contributed by atoms with van der Waals surface area (Å²) >= 11 is 0. The Bertz CT molecular complexity index is 1190. The maximum atomic E-state index is 14.5. The lowest BCUT2D eigenvalue weighted by molar-refractivity contribution is -0.114. The van der Waals surface area contributed by atoms with Gasteiger partial charge < -0.3 is 10.1 Å². The molecule has 8 heteroatoms. The van der Waals surface area contributed by atoms with Crippen molar-refractivity contribution in [3.8, 4) is 5.75 Å². The molecule has 1 N–H and O–H groups in total. The van der Waals surface area contributed by atoms with Gasteiger partial charge in [-0.1, -0.05) is 29.8 Å². The van der Waals surface area contributed by atoms with Crippen molar-refractivity contribution in [2.24, 2.45) is 0 Å². The summed E-state index contributed by atoms with van der Waals surface area (Å²) < 4.78 is 47.0. The zero-order chi connectivity index (χ0) is 22.6. The maximum Gasteiger partial charge on any atom is 0.264 e. The molecule has 3 rings (SSSR count). The van der Waals surface area contributed by atoms with Gasteiger partial charge in [0.05, 0.1) is 17.7 Å². The first-order chi connectivity index (χ1) is 14.7. The number of anilines is 2. The molecular formula is C23H23FN2O4S. The molecule has 0 unspecified atom stereocenters. The number of halogens is 1. The summed E-state index contributed by atoms with van der Waals surface area (Å²) in [5, 5.41) is 2.71. The Kier molecular flexibility index (Phi) is 6.60. The Morgan fingerprint density at radius 2 is 1.71 bits per heavy atom. The van der Waals surface area contributed by atoms with Gasteiger partial charge in [0.2, 0.25) is 5.91 Å². The van der Waals surface area contributed by atoms with E-state index in [0.29, 0.717) is 11.4 Å². The van der Waals surface area contributed by atoms with Crippen molar-refractivity contribution in [2.45, 2.75) is 18.7 Å². The molecule has 0 aromatic heterocycles. The minimum absolute atomic E-state index is 0.0872. The zero-order valence-electron chi connectivity index (χ0n) is 17.4. The number of carbonyl (C=O) groups is 1. The molecule has 0 fully saturated rings. The van der Waals surface area contributed by atoms with Crippen LogP contribution in [0, 0.1) is 19.7 Å². The van der Waals surface area contributed by atoms with Crippen LogP contribution in [-0.2, 0) is 14.8 Å². The molecule has 0 spiro atoms. The van der Waals surface area contributed by atoms with Crippen molar-refractivity contribution in [1.82, 2.24) is 0 Å². The Morgan fingerprint density at radius 1 is 1.03 bits per heavy atom. The van der Waals surface area contributed by atoms with Crippen LogP contribution in [0.5, 0.6) is 5.75 Å². The van der Waals surface area contributed by atoms with Crippen molar-refractivity contribution in [3.05, 3.63) is 83.7 Å². The van der Waals surface area contributed by atoms with E-state index in [0.717, 1.165) is 21.5 Å². The molecule has 3 aromatic carbocycles. The van der Waals surface area contributed by atoms with Crippen LogP contribution < -0.4 is 14.4 Å². The largest absolute Gasteiger partial charge is 0.497 e. The van der Waals surface area contributed by atoms with E-state index in [2.05, 4.69) is 5.32 Å². The molecular weight excluding hydrogens is 419 g/mol. The number of aryl methyl sites for hydroxylation is 2. The number of amides is 1. The van der Waals surface area contributed by atoms with Crippen molar-refractivity contribution < 1.29 is 22.3 Å². The number of carbonyl (C=O) groups excluding carboxylic acids is 1. The van der Waals surface area contributed by atoms with Crippen molar-refractivity contribution in [2.75, 3.05) is 23.3 Å². The molecule has 0 saturated carbocycles. The van der Waals surface area contributed by atoms with E-state index < -0.39 is 28.3 Å². The lowest BCUT2D eigenvalue weighted by Crippen LogP contribution is -2.38. The molecule has 0 aliphatic carbocycles. The zero-order valence-corrected chi connectivity index (χ0v) is 18.2. The highest BCUT2D eigenvalue weighted by atomic mass is 32.2. The van der Waals surface area contributed by atoms with Gasteiger partial charge in [0.1, 0.15) is 18.1 Å². The SMILES string of the molecule is COc1ccc(S(=O)(=O)N(CC(=O)Nc2ccc(C)cc2C)c2ccccc2F)cc1. The average Bonchev–Trinajstić information content (AvgIpc) is 2.74. The number of nitrogens with zero attached hydrogens (tertiary/aromatic N) is 1. The van der Waals surface area contributed by atoms with Crippen LogP contribution in [0.4, 0.5) is 15.8 Å². The number of hydrogen-bond donors (Lipinski definition) is 1. The number of hydrogen-bond acceptors (Lipinski definition) is 4. The Morgan fingerprint density at radius 3 is 2.32 bits per heavy atom. The first-order valence-electron chi connectivity index (χ1n) is 9.51. The molecule has 6 nitrogen and oxygen atoms in total. The highest BCUT2D eigenvalue weighted by molar-refractivity contribution is 7.92. The van der Waals surface area contributed by atoms with Crippen molar-refractivity contribution >= 4 is 27.3 Å². The first kappa shape index (κ1) is 22.3. The average molecular weight is 443 g/mol. The van der Waals surface area contributed by atoms with Gasteiger partial charge in [-0.15, -0.1) is 0 Å². The second-order valence-corrected chi connectivity index (χ2v) is 8.87. The molecule has 0 atom stereocenters. The van der Waals surface area contributed by atoms with Crippen LogP contribution in [0.15, 0.2) is 71.6 Å². The van der Waals surface area contributed by atoms with E-state index in [4.69, 9.17) is 4.74 Å². The summed E-state index contributed by atoms with van der Waals surface area (Å²) in [6.07, 6.45) is 0. The molecule has 1 amide bonds. The van der Waals surface area contributed by atoms with Crippen LogP contribution in [0.3, 0.4) is 0 Å². The Labute approximate surface area is 181 Å². The van der Waals surface area contributed by atoms with Gasteiger partial charge in [0, 0.05) is 5.69 Å². The number of ether oxygens (including phenoxy) is 1. The van der Waals surface area contributed by atoms with E-state index >= 15 is 0 Å². The van der Waals surface area contributed by atoms with E-state index in [1.807, 2.05) is 26.0 Å². The van der Waals surface area contributed by atoms with Crippen molar-refractivity contribution in [1.29, 1.82) is 0 Å². The molecule has 3 aromatic rings. The minimum atomic E-state index is -4.23. The number of rotatable bonds is 7. The number of para-hydroxylation sites is 1. The second-order valence-electron chi connectivity index (χ2n) is 7.01. The van der Waals surface area contributed by atoms with E-state index in [9.17, 15) is 17.6 Å². The fraction of sp³-hybridized carbons (Fsp3) is 0.174.